The molecule has 0 aliphatic carbocycles. The maximum absolute atomic E-state index is 11.6. The van der Waals surface area contributed by atoms with Crippen molar-refractivity contribution in [3.05, 3.63) is 35.9 Å². The summed E-state index contributed by atoms with van der Waals surface area (Å²) < 4.78 is 0. The van der Waals surface area contributed by atoms with Crippen LogP contribution < -0.4 is 5.32 Å². The second kappa shape index (κ2) is 8.58. The molecule has 0 heterocycles. The lowest BCUT2D eigenvalue weighted by atomic mass is 10.2. The molecule has 0 spiro atoms. The Morgan fingerprint density at radius 1 is 1.32 bits per heavy atom. The predicted molar refractivity (Wildman–Crippen MR) is 77.1 cm³/mol. The lowest BCUT2D eigenvalue weighted by Crippen LogP contribution is -2.41. The number of hydrogen-bond donors (Lipinski definition) is 2. The number of nitrogens with one attached hydrogen (secondary N) is 1. The molecule has 0 bridgehead atoms. The summed E-state index contributed by atoms with van der Waals surface area (Å²) in [6.45, 7) is 1.90. The van der Waals surface area contributed by atoms with E-state index in [1.54, 1.807) is 0 Å². The van der Waals surface area contributed by atoms with Crippen LogP contribution >= 0.6 is 11.8 Å². The predicted octanol–water partition coefficient (Wildman–Crippen LogP) is 2.29. The van der Waals surface area contributed by atoms with Crippen LogP contribution in [0.4, 0.5) is 0 Å². The Kier molecular flexibility index (Phi) is 7.03. The Morgan fingerprint density at radius 2 is 2.00 bits per heavy atom. The molecule has 5 heteroatoms. The summed E-state index contributed by atoms with van der Waals surface area (Å²) in [6, 6.07) is 9.09. The van der Waals surface area contributed by atoms with Crippen molar-refractivity contribution in [2.24, 2.45) is 0 Å². The Balaban J connectivity index is 2.29. The average Bonchev–Trinajstić information content (AvgIpc) is 2.39. The summed E-state index contributed by atoms with van der Waals surface area (Å²) in [4.78, 5) is 22.5. The summed E-state index contributed by atoms with van der Waals surface area (Å²) in [5, 5.41) is 11.5. The van der Waals surface area contributed by atoms with Gasteiger partial charge in [-0.2, -0.15) is 0 Å². The number of hydrogen-bond acceptors (Lipinski definition) is 3. The van der Waals surface area contributed by atoms with Crippen LogP contribution in [-0.4, -0.2) is 28.8 Å². The van der Waals surface area contributed by atoms with Crippen molar-refractivity contribution in [3.8, 4) is 0 Å². The molecule has 0 radical (unpaired) electrons. The van der Waals surface area contributed by atoms with Crippen LogP contribution in [0, 0.1) is 0 Å². The highest BCUT2D eigenvalue weighted by atomic mass is 32.2. The van der Waals surface area contributed by atoms with Crippen molar-refractivity contribution < 1.29 is 14.7 Å². The third kappa shape index (κ3) is 6.29. The molecule has 1 aromatic rings. The number of rotatable bonds is 8. The molecule has 104 valence electrons. The molecule has 1 unspecified atom stereocenters. The van der Waals surface area contributed by atoms with E-state index in [0.717, 1.165) is 17.7 Å². The Hall–Kier alpha value is -1.49. The van der Waals surface area contributed by atoms with Gasteiger partial charge >= 0.3 is 5.97 Å². The summed E-state index contributed by atoms with van der Waals surface area (Å²) in [6.07, 6.45) is 1.19. The van der Waals surface area contributed by atoms with Crippen LogP contribution in [0.3, 0.4) is 0 Å². The Labute approximate surface area is 117 Å². The smallest absolute Gasteiger partial charge is 0.326 e. The third-order valence-electron chi connectivity index (χ3n) is 2.56. The minimum atomic E-state index is -0.969. The van der Waals surface area contributed by atoms with Crippen LogP contribution in [0.25, 0.3) is 0 Å². The van der Waals surface area contributed by atoms with E-state index >= 15 is 0 Å². The highest BCUT2D eigenvalue weighted by Crippen LogP contribution is 2.11. The molecule has 0 fully saturated rings. The first-order chi connectivity index (χ1) is 9.13. The van der Waals surface area contributed by atoms with Gasteiger partial charge in [0.25, 0.3) is 0 Å². The van der Waals surface area contributed by atoms with Gasteiger partial charge in [0.15, 0.2) is 0 Å². The molecule has 0 saturated carbocycles. The van der Waals surface area contributed by atoms with Crippen molar-refractivity contribution in [3.63, 3.8) is 0 Å². The van der Waals surface area contributed by atoms with Crippen molar-refractivity contribution >= 4 is 23.6 Å². The molecule has 1 atom stereocenters. The Morgan fingerprint density at radius 3 is 2.58 bits per heavy atom. The number of carbonyl (C=O) groups is 2. The minimum absolute atomic E-state index is 0.221. The number of thioether (sulfide) groups is 1. The van der Waals surface area contributed by atoms with Gasteiger partial charge in [-0.05, 0) is 12.0 Å². The fraction of sp³-hybridized carbons (Fsp3) is 0.429. The number of carboxylic acid groups (broad SMARTS) is 1. The number of carboxylic acids is 1. The maximum Gasteiger partial charge on any atom is 0.326 e. The quantitative estimate of drug-likeness (QED) is 0.767. The van der Waals surface area contributed by atoms with Gasteiger partial charge in [-0.1, -0.05) is 43.7 Å². The van der Waals surface area contributed by atoms with E-state index < -0.39 is 12.0 Å². The topological polar surface area (TPSA) is 66.4 Å². The van der Waals surface area contributed by atoms with E-state index in [1.807, 2.05) is 37.3 Å². The van der Waals surface area contributed by atoms with Gasteiger partial charge in [0.2, 0.25) is 5.91 Å². The first kappa shape index (κ1) is 15.6. The molecule has 1 amide bonds. The van der Waals surface area contributed by atoms with E-state index in [9.17, 15) is 9.59 Å². The van der Waals surface area contributed by atoms with Gasteiger partial charge in [0.05, 0.1) is 5.75 Å². The fourth-order valence-electron chi connectivity index (χ4n) is 1.62. The summed E-state index contributed by atoms with van der Waals surface area (Å²) in [5.74, 6) is -0.160. The fourth-order valence-corrected chi connectivity index (χ4v) is 2.42. The zero-order valence-corrected chi connectivity index (χ0v) is 11.8. The van der Waals surface area contributed by atoms with E-state index in [2.05, 4.69) is 5.32 Å². The lowest BCUT2D eigenvalue weighted by Gasteiger charge is -2.13. The van der Waals surface area contributed by atoms with E-state index in [-0.39, 0.29) is 11.7 Å². The molecule has 2 N–H and O–H groups in total. The standard InChI is InChI=1S/C14H19NO3S/c1-2-6-12(14(17)18)15-13(16)10-19-9-11-7-4-3-5-8-11/h3-5,7-8,12H,2,6,9-10H2,1H3,(H,15,16)(H,17,18). The van der Waals surface area contributed by atoms with Crippen LogP contribution in [0.15, 0.2) is 30.3 Å². The highest BCUT2D eigenvalue weighted by molar-refractivity contribution is 7.99. The minimum Gasteiger partial charge on any atom is -0.480 e. The van der Waals surface area contributed by atoms with Gasteiger partial charge in [-0.3, -0.25) is 4.79 Å². The molecule has 0 aliphatic heterocycles. The number of aliphatic carboxylic acids is 1. The molecule has 1 aromatic carbocycles. The number of amides is 1. The normalized spacial score (nSPS) is 11.8. The van der Waals surface area contributed by atoms with Crippen LogP contribution in [0.2, 0.25) is 0 Å². The van der Waals surface area contributed by atoms with Gasteiger partial charge in [-0.15, -0.1) is 11.8 Å². The van der Waals surface area contributed by atoms with Gasteiger partial charge in [0, 0.05) is 5.75 Å². The van der Waals surface area contributed by atoms with Crippen LogP contribution in [-0.2, 0) is 15.3 Å². The monoisotopic (exact) mass is 281 g/mol. The van der Waals surface area contributed by atoms with Crippen LogP contribution in [0.5, 0.6) is 0 Å². The number of carbonyl (C=O) groups excluding carboxylic acids is 1. The molecule has 4 nitrogen and oxygen atoms in total. The van der Waals surface area contributed by atoms with Crippen molar-refractivity contribution in [2.75, 3.05) is 5.75 Å². The molecule has 1 rings (SSSR count). The molecular weight excluding hydrogens is 262 g/mol. The van der Waals surface area contributed by atoms with E-state index in [0.29, 0.717) is 6.42 Å². The first-order valence-electron chi connectivity index (χ1n) is 6.27. The molecule has 0 aromatic heterocycles. The van der Waals surface area contributed by atoms with Gasteiger partial charge < -0.3 is 10.4 Å². The maximum atomic E-state index is 11.6. The van der Waals surface area contributed by atoms with Crippen molar-refractivity contribution in [2.45, 2.75) is 31.6 Å². The second-order valence-electron chi connectivity index (χ2n) is 4.23. The van der Waals surface area contributed by atoms with Crippen molar-refractivity contribution in [1.29, 1.82) is 0 Å². The molecular formula is C14H19NO3S. The zero-order chi connectivity index (χ0) is 14.1. The first-order valence-corrected chi connectivity index (χ1v) is 7.42. The zero-order valence-electron chi connectivity index (χ0n) is 11.0. The lowest BCUT2D eigenvalue weighted by molar-refractivity contribution is -0.141. The number of benzene rings is 1. The van der Waals surface area contributed by atoms with Gasteiger partial charge in [-0.25, -0.2) is 4.79 Å². The SMILES string of the molecule is CCCC(NC(=O)CSCc1ccccc1)C(=O)O. The second-order valence-corrected chi connectivity index (χ2v) is 5.21. The van der Waals surface area contributed by atoms with E-state index in [1.165, 1.54) is 11.8 Å². The molecule has 19 heavy (non-hydrogen) atoms. The summed E-state index contributed by atoms with van der Waals surface area (Å²) >= 11 is 1.48. The largest absolute Gasteiger partial charge is 0.480 e. The van der Waals surface area contributed by atoms with E-state index in [4.69, 9.17) is 5.11 Å². The molecule has 0 aliphatic rings. The third-order valence-corrected chi connectivity index (χ3v) is 3.56. The van der Waals surface area contributed by atoms with Crippen LogP contribution in [0.1, 0.15) is 25.3 Å². The Bertz CT molecular complexity index is 408. The molecule has 0 saturated heterocycles. The summed E-state index contributed by atoms with van der Waals surface area (Å²) in [7, 11) is 0. The summed E-state index contributed by atoms with van der Waals surface area (Å²) in [5.41, 5.74) is 1.16. The average molecular weight is 281 g/mol. The highest BCUT2D eigenvalue weighted by Gasteiger charge is 2.18. The van der Waals surface area contributed by atoms with Gasteiger partial charge in [0.1, 0.15) is 6.04 Å². The van der Waals surface area contributed by atoms with Crippen molar-refractivity contribution in [1.82, 2.24) is 5.32 Å².